The van der Waals surface area contributed by atoms with E-state index in [1.54, 1.807) is 32.9 Å². The van der Waals surface area contributed by atoms with Gasteiger partial charge in [-0.1, -0.05) is 88.9 Å². The van der Waals surface area contributed by atoms with Crippen LogP contribution in [0.15, 0.2) is 66.8 Å². The predicted molar refractivity (Wildman–Crippen MR) is 203 cm³/mol. The zero-order valence-electron chi connectivity index (χ0n) is 33.4. The van der Waals surface area contributed by atoms with Crippen molar-refractivity contribution in [1.29, 1.82) is 0 Å². The highest BCUT2D eigenvalue weighted by atomic mass is 16.7. The van der Waals surface area contributed by atoms with Crippen LogP contribution in [-0.4, -0.2) is 80.8 Å². The number of unbranched alkanes of at least 4 members (excludes halogenated alkanes) is 4. The van der Waals surface area contributed by atoms with E-state index in [0.29, 0.717) is 31.3 Å². The summed E-state index contributed by atoms with van der Waals surface area (Å²) in [5.74, 6) is -2.89. The molecule has 0 bridgehead atoms. The van der Waals surface area contributed by atoms with Gasteiger partial charge in [-0.15, -0.1) is 6.58 Å². The molecule has 298 valence electrons. The molecule has 1 N–H and O–H groups in total. The van der Waals surface area contributed by atoms with Crippen LogP contribution in [0.5, 0.6) is 0 Å². The maximum absolute atomic E-state index is 13.1. The van der Waals surface area contributed by atoms with Gasteiger partial charge in [-0.3, -0.25) is 14.4 Å². The largest absolute Gasteiger partial charge is 0.469 e. The maximum Gasteiger partial charge on any atom is 0.330 e. The van der Waals surface area contributed by atoms with Crippen molar-refractivity contribution >= 4 is 24.2 Å². The lowest BCUT2D eigenvalue weighted by atomic mass is 9.74. The van der Waals surface area contributed by atoms with Crippen LogP contribution in [0.25, 0.3) is 0 Å². The molecule has 53 heavy (non-hydrogen) atoms. The number of hydrogen-bond acceptors (Lipinski definition) is 11. The lowest BCUT2D eigenvalue weighted by Crippen LogP contribution is -2.63. The standard InChI is InChI=1S/C34H50O9.C8H14O2/c1-7-8-9-10-14-18-30(37)42-32-27(22-31(38)39-5)21-28(43-34(32,40-6)33(3,4)19-15-20-35)23-29(36)25(2)41-24-26-16-12-11-13-17-26;1-5-6-8(2,3)7(9)10-4/h11-13,15-17,19-20,22,25,28-29,32,36H,7-10,14,18,21,23-24H2,1-6H3;5H,1,6H2,2-4H3/b19-15+,27-22+;/t25?,28-,29+,32-,34+;/m0./s1. The second kappa shape index (κ2) is 23.9. The van der Waals surface area contributed by atoms with Crippen LogP contribution in [0.3, 0.4) is 0 Å². The topological polar surface area (TPSA) is 144 Å². The van der Waals surface area contributed by atoms with E-state index in [9.17, 15) is 24.3 Å². The Hall–Kier alpha value is -3.64. The molecule has 1 saturated heterocycles. The van der Waals surface area contributed by atoms with Gasteiger partial charge in [-0.05, 0) is 57.2 Å². The summed E-state index contributed by atoms with van der Waals surface area (Å²) >= 11 is 0. The highest BCUT2D eigenvalue weighted by Gasteiger charge is 2.59. The van der Waals surface area contributed by atoms with Crippen LogP contribution in [0.1, 0.15) is 105 Å². The summed E-state index contributed by atoms with van der Waals surface area (Å²) in [6.07, 6.45) is 9.37. The number of methoxy groups -OCH3 is 3. The Morgan fingerprint density at radius 2 is 1.70 bits per heavy atom. The van der Waals surface area contributed by atoms with E-state index in [1.165, 1.54) is 33.5 Å². The highest BCUT2D eigenvalue weighted by molar-refractivity contribution is 5.83. The van der Waals surface area contributed by atoms with Crippen LogP contribution in [0.4, 0.5) is 0 Å². The lowest BCUT2D eigenvalue weighted by Gasteiger charge is -2.53. The smallest absolute Gasteiger partial charge is 0.330 e. The summed E-state index contributed by atoms with van der Waals surface area (Å²) in [7, 11) is 4.10. The number of aliphatic hydroxyl groups is 1. The van der Waals surface area contributed by atoms with Gasteiger partial charge in [0.2, 0.25) is 5.79 Å². The minimum Gasteiger partial charge on any atom is -0.469 e. The SMILES string of the molecule is C=CCC(C)(C)C(=O)OC.CCCCCCCC(=O)O[C@H]1/C(=C/C(=O)OC)C[C@@H](C[C@@H](O)C(C)OCc2ccccc2)O[C@@]1(OC)C(C)(C)/C=C/C=O. The van der Waals surface area contributed by atoms with E-state index in [-0.39, 0.29) is 25.2 Å². The van der Waals surface area contributed by atoms with Crippen LogP contribution in [-0.2, 0) is 54.2 Å². The predicted octanol–water partition coefficient (Wildman–Crippen LogP) is 7.39. The zero-order chi connectivity index (χ0) is 40.1. The molecular formula is C42H64O11. The Bertz CT molecular complexity index is 1330. The van der Waals surface area contributed by atoms with Gasteiger partial charge in [0, 0.05) is 31.4 Å². The molecule has 1 aromatic rings. The molecule has 0 amide bonds. The number of benzene rings is 1. The number of ether oxygens (including phenoxy) is 6. The van der Waals surface area contributed by atoms with Gasteiger partial charge in [0.15, 0.2) is 6.10 Å². The molecule has 0 saturated carbocycles. The number of carbonyl (C=O) groups excluding carboxylic acids is 4. The summed E-state index contributed by atoms with van der Waals surface area (Å²) in [4.78, 5) is 47.9. The third-order valence-electron chi connectivity index (χ3n) is 9.31. The molecule has 11 heteroatoms. The van der Waals surface area contributed by atoms with Crippen molar-refractivity contribution in [3.63, 3.8) is 0 Å². The van der Waals surface area contributed by atoms with Gasteiger partial charge < -0.3 is 33.5 Å². The lowest BCUT2D eigenvalue weighted by molar-refractivity contribution is -0.338. The van der Waals surface area contributed by atoms with Crippen molar-refractivity contribution in [2.45, 2.75) is 136 Å². The van der Waals surface area contributed by atoms with E-state index in [1.807, 2.05) is 44.2 Å². The molecule has 11 nitrogen and oxygen atoms in total. The summed E-state index contributed by atoms with van der Waals surface area (Å²) in [6, 6.07) is 9.66. The van der Waals surface area contributed by atoms with Crippen molar-refractivity contribution in [2.75, 3.05) is 21.3 Å². The Kier molecular flexibility index (Phi) is 21.4. The monoisotopic (exact) mass is 744 g/mol. The zero-order valence-corrected chi connectivity index (χ0v) is 33.4. The van der Waals surface area contributed by atoms with Crippen molar-refractivity contribution in [2.24, 2.45) is 10.8 Å². The van der Waals surface area contributed by atoms with Gasteiger partial charge in [-0.25, -0.2) is 4.79 Å². The summed E-state index contributed by atoms with van der Waals surface area (Å²) in [5, 5.41) is 11.1. The first kappa shape index (κ1) is 47.4. The fourth-order valence-corrected chi connectivity index (χ4v) is 6.06. The first-order valence-electron chi connectivity index (χ1n) is 18.4. The molecule has 1 aromatic carbocycles. The highest BCUT2D eigenvalue weighted by Crippen LogP contribution is 2.48. The number of aldehydes is 1. The Morgan fingerprint density at radius 3 is 2.26 bits per heavy atom. The number of esters is 3. The van der Waals surface area contributed by atoms with Crippen LogP contribution < -0.4 is 0 Å². The molecule has 0 aliphatic carbocycles. The Labute approximate surface area is 317 Å². The molecule has 1 unspecified atom stereocenters. The number of allylic oxidation sites excluding steroid dienone is 2. The third-order valence-corrected chi connectivity index (χ3v) is 9.31. The molecule has 1 fully saturated rings. The van der Waals surface area contributed by atoms with Crippen molar-refractivity contribution in [3.05, 3.63) is 72.4 Å². The van der Waals surface area contributed by atoms with Gasteiger partial charge in [0.05, 0.1) is 44.6 Å². The van der Waals surface area contributed by atoms with E-state index in [4.69, 9.17) is 23.7 Å². The molecule has 1 heterocycles. The van der Waals surface area contributed by atoms with E-state index >= 15 is 0 Å². The van der Waals surface area contributed by atoms with Crippen molar-refractivity contribution in [3.8, 4) is 0 Å². The quantitative estimate of drug-likeness (QED) is 0.0336. The van der Waals surface area contributed by atoms with Gasteiger partial charge >= 0.3 is 17.9 Å². The molecule has 0 spiro atoms. The average Bonchev–Trinajstić information content (AvgIpc) is 3.13. The minimum atomic E-state index is -1.64. The first-order chi connectivity index (χ1) is 25.1. The molecule has 1 aliphatic rings. The van der Waals surface area contributed by atoms with E-state index < -0.39 is 53.0 Å². The van der Waals surface area contributed by atoms with Gasteiger partial charge in [0.25, 0.3) is 0 Å². The second-order valence-corrected chi connectivity index (χ2v) is 14.5. The van der Waals surface area contributed by atoms with E-state index in [2.05, 4.69) is 18.2 Å². The third kappa shape index (κ3) is 15.3. The molecular weight excluding hydrogens is 680 g/mol. The van der Waals surface area contributed by atoms with Crippen LogP contribution in [0.2, 0.25) is 0 Å². The summed E-state index contributed by atoms with van der Waals surface area (Å²) in [5.41, 5.74) is -0.0303. The minimum absolute atomic E-state index is 0.144. The second-order valence-electron chi connectivity index (χ2n) is 14.5. The number of carbonyl (C=O) groups is 4. The number of aliphatic hydroxyl groups excluding tert-OH is 1. The molecule has 1 aliphatic heterocycles. The fourth-order valence-electron chi connectivity index (χ4n) is 6.06. The molecule has 0 aromatic heterocycles. The van der Waals surface area contributed by atoms with Gasteiger partial charge in [-0.2, -0.15) is 0 Å². The van der Waals surface area contributed by atoms with E-state index in [0.717, 1.165) is 31.2 Å². The fraction of sp³-hybridized carbons (Fsp3) is 0.619. The first-order valence-corrected chi connectivity index (χ1v) is 18.4. The Balaban J connectivity index is 0.00000122. The summed E-state index contributed by atoms with van der Waals surface area (Å²) in [6.45, 7) is 15.1. The Morgan fingerprint density at radius 1 is 1.04 bits per heavy atom. The van der Waals surface area contributed by atoms with Crippen LogP contribution in [0, 0.1) is 10.8 Å². The number of hydrogen-bond donors (Lipinski definition) is 1. The average molecular weight is 745 g/mol. The molecule has 5 atom stereocenters. The summed E-state index contributed by atoms with van der Waals surface area (Å²) < 4.78 is 34.1. The van der Waals surface area contributed by atoms with Crippen molar-refractivity contribution < 1.29 is 52.7 Å². The van der Waals surface area contributed by atoms with Gasteiger partial charge in [0.1, 0.15) is 6.29 Å². The maximum atomic E-state index is 13.1. The van der Waals surface area contributed by atoms with Crippen molar-refractivity contribution in [1.82, 2.24) is 0 Å². The molecule has 0 radical (unpaired) electrons. The van der Waals surface area contributed by atoms with Crippen LogP contribution >= 0.6 is 0 Å². The normalized spacial score (nSPS) is 20.8. The number of rotatable bonds is 21. The molecule has 2 rings (SSSR count).